The molecule has 1 aromatic rings. The van der Waals surface area contributed by atoms with E-state index in [1.807, 2.05) is 0 Å². The number of nitrogens with one attached hydrogen (secondary N) is 1. The Hall–Kier alpha value is -1.75. The van der Waals surface area contributed by atoms with Crippen LogP contribution in [0.4, 0.5) is 0 Å². The summed E-state index contributed by atoms with van der Waals surface area (Å²) in [6, 6.07) is 4.89. The van der Waals surface area contributed by atoms with Crippen LogP contribution in [0.1, 0.15) is 23.2 Å². The van der Waals surface area contributed by atoms with Crippen LogP contribution in [0.25, 0.3) is 0 Å². The van der Waals surface area contributed by atoms with Crippen molar-refractivity contribution in [1.29, 1.82) is 0 Å². The van der Waals surface area contributed by atoms with E-state index in [0.717, 1.165) is 25.9 Å². The van der Waals surface area contributed by atoms with Crippen molar-refractivity contribution in [2.75, 3.05) is 27.2 Å². The molecule has 5 nitrogen and oxygen atoms in total. The average Bonchev–Trinajstić information content (AvgIpc) is 2.41. The highest BCUT2D eigenvalue weighted by Crippen LogP contribution is 2.23. The molecule has 1 amide bonds. The smallest absolute Gasteiger partial charge is 0.255 e. The minimum absolute atomic E-state index is 0.0511. The maximum atomic E-state index is 12.1. The predicted octanol–water partition coefficient (Wildman–Crippen LogP) is 1.22. The van der Waals surface area contributed by atoms with Crippen molar-refractivity contribution in [2.45, 2.75) is 18.9 Å². The van der Waals surface area contributed by atoms with Crippen molar-refractivity contribution in [3.05, 3.63) is 23.8 Å². The Morgan fingerprint density at radius 3 is 2.68 bits per heavy atom. The monoisotopic (exact) mass is 264 g/mol. The number of hydrogen-bond donors (Lipinski definition) is 2. The summed E-state index contributed by atoms with van der Waals surface area (Å²) in [4.78, 5) is 14.3. The number of piperidine rings is 1. The highest BCUT2D eigenvalue weighted by atomic mass is 16.5. The first-order chi connectivity index (χ1) is 9.10. The van der Waals surface area contributed by atoms with Gasteiger partial charge in [0.15, 0.2) is 0 Å². The first kappa shape index (κ1) is 13.7. The predicted molar refractivity (Wildman–Crippen MR) is 72.6 cm³/mol. The molecule has 104 valence electrons. The van der Waals surface area contributed by atoms with Gasteiger partial charge in [-0.25, -0.2) is 0 Å². The van der Waals surface area contributed by atoms with Gasteiger partial charge in [-0.2, -0.15) is 0 Å². The topological polar surface area (TPSA) is 61.8 Å². The number of nitrogens with zero attached hydrogens (tertiary/aromatic N) is 1. The first-order valence-corrected chi connectivity index (χ1v) is 6.46. The van der Waals surface area contributed by atoms with Crippen molar-refractivity contribution < 1.29 is 14.6 Å². The van der Waals surface area contributed by atoms with Crippen LogP contribution >= 0.6 is 0 Å². The number of carbonyl (C=O) groups is 1. The van der Waals surface area contributed by atoms with Crippen LogP contribution in [0.2, 0.25) is 0 Å². The van der Waals surface area contributed by atoms with Crippen LogP contribution in [-0.2, 0) is 0 Å². The third-order valence-electron chi connectivity index (χ3n) is 3.50. The molecule has 1 aliphatic heterocycles. The van der Waals surface area contributed by atoms with Crippen LogP contribution in [-0.4, -0.2) is 49.2 Å². The van der Waals surface area contributed by atoms with Crippen molar-refractivity contribution >= 4 is 5.91 Å². The first-order valence-electron chi connectivity index (χ1n) is 6.46. The second kappa shape index (κ2) is 5.93. The zero-order chi connectivity index (χ0) is 13.8. The van der Waals surface area contributed by atoms with Gasteiger partial charge in [-0.3, -0.25) is 4.79 Å². The number of likely N-dealkylation sites (tertiary alicyclic amines) is 1. The van der Waals surface area contributed by atoms with E-state index in [1.54, 1.807) is 12.1 Å². The van der Waals surface area contributed by atoms with Crippen molar-refractivity contribution in [3.8, 4) is 11.5 Å². The van der Waals surface area contributed by atoms with E-state index in [4.69, 9.17) is 4.74 Å². The van der Waals surface area contributed by atoms with E-state index in [-0.39, 0.29) is 17.7 Å². The Kier molecular flexibility index (Phi) is 4.27. The molecule has 5 heteroatoms. The number of amides is 1. The fourth-order valence-corrected chi connectivity index (χ4v) is 2.25. The zero-order valence-electron chi connectivity index (χ0n) is 11.3. The van der Waals surface area contributed by atoms with Crippen LogP contribution < -0.4 is 10.1 Å². The standard InChI is InChI=1S/C14H20N2O3/c1-16-7-5-10(6-8-16)15-14(18)12-4-3-11(19-2)9-13(12)17/h3-4,9-10,17H,5-8H2,1-2H3,(H,15,18). The number of carbonyl (C=O) groups excluding carboxylic acids is 1. The van der Waals surface area contributed by atoms with E-state index in [0.29, 0.717) is 11.3 Å². The number of hydrogen-bond acceptors (Lipinski definition) is 4. The molecule has 0 aromatic heterocycles. The van der Waals surface area contributed by atoms with Gasteiger partial charge in [0.2, 0.25) is 0 Å². The molecule has 1 aliphatic rings. The maximum Gasteiger partial charge on any atom is 0.255 e. The zero-order valence-corrected chi connectivity index (χ0v) is 11.3. The molecule has 19 heavy (non-hydrogen) atoms. The minimum atomic E-state index is -0.227. The molecule has 0 aliphatic carbocycles. The van der Waals surface area contributed by atoms with E-state index in [9.17, 15) is 9.90 Å². The number of aromatic hydroxyl groups is 1. The van der Waals surface area contributed by atoms with E-state index < -0.39 is 0 Å². The molecule has 1 heterocycles. The van der Waals surface area contributed by atoms with Crippen molar-refractivity contribution in [3.63, 3.8) is 0 Å². The summed E-state index contributed by atoms with van der Waals surface area (Å²) in [5.74, 6) is 0.257. The molecule has 2 N–H and O–H groups in total. The van der Waals surface area contributed by atoms with Gasteiger partial charge in [-0.05, 0) is 45.1 Å². The molecule has 0 radical (unpaired) electrons. The number of methoxy groups -OCH3 is 1. The van der Waals surface area contributed by atoms with Crippen molar-refractivity contribution in [2.24, 2.45) is 0 Å². The second-order valence-corrected chi connectivity index (χ2v) is 4.93. The highest BCUT2D eigenvalue weighted by molar-refractivity contribution is 5.97. The fourth-order valence-electron chi connectivity index (χ4n) is 2.25. The summed E-state index contributed by atoms with van der Waals surface area (Å²) >= 11 is 0. The summed E-state index contributed by atoms with van der Waals surface area (Å²) < 4.78 is 4.99. The number of ether oxygens (including phenoxy) is 1. The van der Waals surface area contributed by atoms with Crippen molar-refractivity contribution in [1.82, 2.24) is 10.2 Å². The summed E-state index contributed by atoms with van der Waals surface area (Å²) in [7, 11) is 3.60. The largest absolute Gasteiger partial charge is 0.507 e. The molecule has 0 spiro atoms. The molecule has 1 fully saturated rings. The third kappa shape index (κ3) is 3.38. The fraction of sp³-hybridized carbons (Fsp3) is 0.500. The highest BCUT2D eigenvalue weighted by Gasteiger charge is 2.20. The SMILES string of the molecule is COc1ccc(C(=O)NC2CCN(C)CC2)c(O)c1. The van der Waals surface area contributed by atoms with Gasteiger partial charge in [0.25, 0.3) is 5.91 Å². The molecular formula is C14H20N2O3. The molecular weight excluding hydrogens is 244 g/mol. The van der Waals surface area contributed by atoms with Gasteiger partial charge >= 0.3 is 0 Å². The quantitative estimate of drug-likeness (QED) is 0.862. The molecule has 0 atom stereocenters. The Balaban J connectivity index is 2.00. The van der Waals surface area contributed by atoms with Crippen LogP contribution in [0.15, 0.2) is 18.2 Å². The average molecular weight is 264 g/mol. The molecule has 0 unspecified atom stereocenters. The normalized spacial score (nSPS) is 17.2. The van der Waals surface area contributed by atoms with E-state index >= 15 is 0 Å². The molecule has 1 saturated heterocycles. The lowest BCUT2D eigenvalue weighted by atomic mass is 10.0. The van der Waals surface area contributed by atoms with Gasteiger partial charge in [0.1, 0.15) is 11.5 Å². The lowest BCUT2D eigenvalue weighted by Gasteiger charge is -2.29. The molecule has 1 aromatic carbocycles. The number of phenols is 1. The summed E-state index contributed by atoms with van der Waals surface area (Å²) in [5.41, 5.74) is 0.291. The molecule has 0 saturated carbocycles. The number of benzene rings is 1. The Bertz CT molecular complexity index is 454. The summed E-state index contributed by atoms with van der Waals surface area (Å²) in [6.07, 6.45) is 1.89. The molecule has 2 rings (SSSR count). The lowest BCUT2D eigenvalue weighted by Crippen LogP contribution is -2.43. The second-order valence-electron chi connectivity index (χ2n) is 4.93. The van der Waals surface area contributed by atoms with Gasteiger partial charge in [-0.1, -0.05) is 0 Å². The Labute approximate surface area is 113 Å². The Morgan fingerprint density at radius 1 is 1.42 bits per heavy atom. The van der Waals surface area contributed by atoms with Crippen LogP contribution in [0, 0.1) is 0 Å². The minimum Gasteiger partial charge on any atom is -0.507 e. The third-order valence-corrected chi connectivity index (χ3v) is 3.50. The number of rotatable bonds is 3. The van der Waals surface area contributed by atoms with E-state index in [2.05, 4.69) is 17.3 Å². The maximum absolute atomic E-state index is 12.1. The van der Waals surface area contributed by atoms with Gasteiger partial charge in [-0.15, -0.1) is 0 Å². The summed E-state index contributed by atoms with van der Waals surface area (Å²) in [6.45, 7) is 1.97. The summed E-state index contributed by atoms with van der Waals surface area (Å²) in [5, 5.41) is 12.8. The number of phenolic OH excluding ortho intramolecular Hbond substituents is 1. The lowest BCUT2D eigenvalue weighted by molar-refractivity contribution is 0.0914. The van der Waals surface area contributed by atoms with Crippen LogP contribution in [0.3, 0.4) is 0 Å². The van der Waals surface area contributed by atoms with Crippen LogP contribution in [0.5, 0.6) is 11.5 Å². The van der Waals surface area contributed by atoms with Gasteiger partial charge in [0, 0.05) is 12.1 Å². The Morgan fingerprint density at radius 2 is 2.11 bits per heavy atom. The molecule has 0 bridgehead atoms. The van der Waals surface area contributed by atoms with Gasteiger partial charge < -0.3 is 20.1 Å². The van der Waals surface area contributed by atoms with E-state index in [1.165, 1.54) is 13.2 Å². The van der Waals surface area contributed by atoms with Gasteiger partial charge in [0.05, 0.1) is 12.7 Å².